The van der Waals surface area contributed by atoms with Gasteiger partial charge < -0.3 is 4.74 Å². The van der Waals surface area contributed by atoms with Gasteiger partial charge in [-0.3, -0.25) is 0 Å². The monoisotopic (exact) mass is 328 g/mol. The molecule has 0 N–H and O–H groups in total. The summed E-state index contributed by atoms with van der Waals surface area (Å²) in [7, 11) is 0. The van der Waals surface area contributed by atoms with E-state index >= 15 is 0 Å². The first-order chi connectivity index (χ1) is 10.7. The van der Waals surface area contributed by atoms with E-state index in [-0.39, 0.29) is 22.0 Å². The van der Waals surface area contributed by atoms with Crippen molar-refractivity contribution in [1.29, 1.82) is 0 Å². The Morgan fingerprint density at radius 1 is 0.958 bits per heavy atom. The minimum atomic E-state index is -0.159. The quantitative estimate of drug-likeness (QED) is 0.523. The lowest BCUT2D eigenvalue weighted by atomic mass is 9.56. The first kappa shape index (κ1) is 18.0. The molecule has 2 aliphatic rings. The van der Waals surface area contributed by atoms with Crippen LogP contribution in [-0.2, 0) is 10.3 Å². The van der Waals surface area contributed by atoms with Crippen molar-refractivity contribution in [1.82, 2.24) is 0 Å². The van der Waals surface area contributed by atoms with E-state index in [1.54, 1.807) is 5.56 Å². The molecule has 1 unspecified atom stereocenters. The minimum absolute atomic E-state index is 0.0447. The van der Waals surface area contributed by atoms with Crippen LogP contribution in [0.15, 0.2) is 6.07 Å². The van der Waals surface area contributed by atoms with Crippen LogP contribution in [0.2, 0.25) is 0 Å². The molecule has 134 valence electrons. The average molecular weight is 329 g/mol. The van der Waals surface area contributed by atoms with E-state index in [1.807, 2.05) is 0 Å². The average Bonchev–Trinajstić information content (AvgIpc) is 3.13. The molecule has 1 saturated carbocycles. The van der Waals surface area contributed by atoms with E-state index in [0.29, 0.717) is 5.92 Å². The summed E-state index contributed by atoms with van der Waals surface area (Å²) in [4.78, 5) is 0. The van der Waals surface area contributed by atoms with Crippen molar-refractivity contribution < 1.29 is 4.74 Å². The molecule has 1 aromatic carbocycles. The third kappa shape index (κ3) is 2.30. The molecule has 1 heterocycles. The summed E-state index contributed by atoms with van der Waals surface area (Å²) in [5.41, 5.74) is 7.46. The second kappa shape index (κ2) is 4.87. The maximum Gasteiger partial charge on any atom is 0.0946 e. The molecule has 1 nitrogen and oxygen atoms in total. The Balaban J connectivity index is 2.43. The Kier molecular flexibility index (Phi) is 3.65. The SMILES string of the molecule is Cc1cc(C)c2c(c1C)C1(CC1)OC(C)(C)C(C)(C)C2C(C)(C)C. The fraction of sp³-hybridized carbons (Fsp3) is 0.739. The first-order valence-corrected chi connectivity index (χ1v) is 9.56. The highest BCUT2D eigenvalue weighted by Crippen LogP contribution is 2.65. The van der Waals surface area contributed by atoms with Crippen LogP contribution in [0, 0.1) is 31.6 Å². The summed E-state index contributed by atoms with van der Waals surface area (Å²) >= 11 is 0. The molecule has 0 aromatic heterocycles. The lowest BCUT2D eigenvalue weighted by Gasteiger charge is -2.50. The summed E-state index contributed by atoms with van der Waals surface area (Å²) in [6.07, 6.45) is 2.33. The number of rotatable bonds is 0. The normalized spacial score (nSPS) is 26.8. The standard InChI is InChI=1S/C23H36O/c1-14-13-15(2)17-18(16(14)3)23(11-12-23)24-22(9,10)21(7,8)19(17)20(4,5)6/h13,19H,11-12H2,1-10H3. The molecule has 3 rings (SSSR count). The van der Waals surface area contributed by atoms with Gasteiger partial charge in [-0.25, -0.2) is 0 Å². The van der Waals surface area contributed by atoms with Crippen molar-refractivity contribution >= 4 is 0 Å². The van der Waals surface area contributed by atoms with Crippen LogP contribution < -0.4 is 0 Å². The Labute approximate surface area is 149 Å². The van der Waals surface area contributed by atoms with Gasteiger partial charge in [0.1, 0.15) is 0 Å². The number of benzene rings is 1. The number of hydrogen-bond donors (Lipinski definition) is 0. The molecule has 1 aliphatic carbocycles. The van der Waals surface area contributed by atoms with E-state index in [9.17, 15) is 0 Å². The summed E-state index contributed by atoms with van der Waals surface area (Å²) < 4.78 is 6.96. The van der Waals surface area contributed by atoms with Crippen molar-refractivity contribution in [2.45, 2.75) is 99.2 Å². The Morgan fingerprint density at radius 3 is 1.96 bits per heavy atom. The largest absolute Gasteiger partial charge is 0.364 e. The predicted octanol–water partition coefficient (Wildman–Crippen LogP) is 6.57. The molecular formula is C23H36O. The summed E-state index contributed by atoms with van der Waals surface area (Å²) in [5, 5.41) is 0. The van der Waals surface area contributed by atoms with Gasteiger partial charge in [0, 0.05) is 5.41 Å². The summed E-state index contributed by atoms with van der Waals surface area (Å²) in [5.74, 6) is 0.467. The lowest BCUT2D eigenvalue weighted by molar-refractivity contribution is -0.159. The van der Waals surface area contributed by atoms with Gasteiger partial charge in [0.25, 0.3) is 0 Å². The van der Waals surface area contributed by atoms with E-state index < -0.39 is 0 Å². The van der Waals surface area contributed by atoms with Crippen molar-refractivity contribution in [3.63, 3.8) is 0 Å². The van der Waals surface area contributed by atoms with Crippen molar-refractivity contribution in [2.75, 3.05) is 0 Å². The van der Waals surface area contributed by atoms with Gasteiger partial charge in [0.2, 0.25) is 0 Å². The van der Waals surface area contributed by atoms with Gasteiger partial charge in [-0.1, -0.05) is 40.7 Å². The molecule has 1 spiro atoms. The number of ether oxygens (including phenoxy) is 1. The molecular weight excluding hydrogens is 292 g/mol. The highest BCUT2D eigenvalue weighted by Gasteiger charge is 2.61. The van der Waals surface area contributed by atoms with E-state index in [0.717, 1.165) is 0 Å². The third-order valence-electron chi connectivity index (χ3n) is 7.13. The Hall–Kier alpha value is -0.820. The summed E-state index contributed by atoms with van der Waals surface area (Å²) in [6.45, 7) is 23.6. The van der Waals surface area contributed by atoms with Crippen molar-refractivity contribution in [2.24, 2.45) is 10.8 Å². The zero-order chi connectivity index (χ0) is 18.3. The fourth-order valence-electron chi connectivity index (χ4n) is 5.43. The van der Waals surface area contributed by atoms with Crippen LogP contribution in [0.25, 0.3) is 0 Å². The van der Waals surface area contributed by atoms with E-state index in [4.69, 9.17) is 4.74 Å². The second-order valence-electron chi connectivity index (χ2n) is 10.6. The number of aryl methyl sites for hydroxylation is 2. The van der Waals surface area contributed by atoms with Crippen molar-refractivity contribution in [3.8, 4) is 0 Å². The van der Waals surface area contributed by atoms with E-state index in [2.05, 4.69) is 75.3 Å². The number of fused-ring (bicyclic) bond motifs is 2. The maximum atomic E-state index is 6.96. The smallest absolute Gasteiger partial charge is 0.0946 e. The third-order valence-corrected chi connectivity index (χ3v) is 7.13. The molecule has 1 fully saturated rings. The molecule has 1 aromatic rings. The van der Waals surface area contributed by atoms with Crippen molar-refractivity contribution in [3.05, 3.63) is 33.9 Å². The van der Waals surface area contributed by atoms with Gasteiger partial charge in [-0.05, 0) is 86.6 Å². The van der Waals surface area contributed by atoms with Crippen LogP contribution in [0.4, 0.5) is 0 Å². The van der Waals surface area contributed by atoms with Gasteiger partial charge in [0.05, 0.1) is 11.2 Å². The minimum Gasteiger partial charge on any atom is -0.364 e. The fourth-order valence-corrected chi connectivity index (χ4v) is 5.43. The zero-order valence-corrected chi connectivity index (χ0v) is 17.5. The molecule has 24 heavy (non-hydrogen) atoms. The predicted molar refractivity (Wildman–Crippen MR) is 103 cm³/mol. The zero-order valence-electron chi connectivity index (χ0n) is 17.5. The molecule has 0 saturated heterocycles. The highest BCUT2D eigenvalue weighted by atomic mass is 16.5. The molecule has 1 aliphatic heterocycles. The van der Waals surface area contributed by atoms with Gasteiger partial charge in [0.15, 0.2) is 0 Å². The van der Waals surface area contributed by atoms with Gasteiger partial charge in [-0.15, -0.1) is 0 Å². The Bertz CT molecular complexity index is 681. The molecule has 0 bridgehead atoms. The summed E-state index contributed by atoms with van der Waals surface area (Å²) in [6, 6.07) is 2.40. The van der Waals surface area contributed by atoms with Crippen LogP contribution in [0.3, 0.4) is 0 Å². The second-order valence-corrected chi connectivity index (χ2v) is 10.6. The van der Waals surface area contributed by atoms with Gasteiger partial charge in [-0.2, -0.15) is 0 Å². The first-order valence-electron chi connectivity index (χ1n) is 9.56. The highest BCUT2D eigenvalue weighted by molar-refractivity contribution is 5.53. The number of hydrogen-bond acceptors (Lipinski definition) is 1. The van der Waals surface area contributed by atoms with E-state index in [1.165, 1.54) is 35.1 Å². The van der Waals surface area contributed by atoms with Gasteiger partial charge >= 0.3 is 0 Å². The lowest BCUT2D eigenvalue weighted by Crippen LogP contribution is -2.48. The van der Waals surface area contributed by atoms with Crippen LogP contribution in [0.5, 0.6) is 0 Å². The van der Waals surface area contributed by atoms with Crippen LogP contribution in [0.1, 0.15) is 95.0 Å². The molecule has 0 amide bonds. The molecule has 0 radical (unpaired) electrons. The molecule has 1 heteroatoms. The molecule has 1 atom stereocenters. The van der Waals surface area contributed by atoms with Crippen LogP contribution >= 0.6 is 0 Å². The Morgan fingerprint density at radius 2 is 1.50 bits per heavy atom. The topological polar surface area (TPSA) is 9.23 Å². The van der Waals surface area contributed by atoms with Crippen LogP contribution in [-0.4, -0.2) is 5.60 Å². The maximum absolute atomic E-state index is 6.96.